The zero-order valence-electron chi connectivity index (χ0n) is 8.17. The van der Waals surface area contributed by atoms with Crippen molar-refractivity contribution in [3.05, 3.63) is 34.3 Å². The molecule has 6 heteroatoms. The number of benzene rings is 1. The Kier molecular flexibility index (Phi) is 4.26. The largest absolute Gasteiger partial charge is 0.479 e. The van der Waals surface area contributed by atoms with Crippen LogP contribution in [0.15, 0.2) is 18.2 Å². The van der Waals surface area contributed by atoms with Crippen molar-refractivity contribution in [2.75, 3.05) is 0 Å². The van der Waals surface area contributed by atoms with E-state index in [0.717, 1.165) is 0 Å². The van der Waals surface area contributed by atoms with Crippen LogP contribution in [0, 0.1) is 0 Å². The first-order valence-electron chi connectivity index (χ1n) is 4.45. The topological polar surface area (TPSA) is 98.0 Å². The van der Waals surface area contributed by atoms with E-state index >= 15 is 0 Å². The molecule has 4 N–H and O–H groups in total. The Bertz CT molecular complexity index is 393. The minimum Gasteiger partial charge on any atom is -0.479 e. The molecule has 2 atom stereocenters. The molecule has 0 saturated carbocycles. The molecular formula is C10H11ClO5. The summed E-state index contributed by atoms with van der Waals surface area (Å²) in [5.74, 6) is -1.52. The molecule has 1 aromatic carbocycles. The summed E-state index contributed by atoms with van der Waals surface area (Å²) in [6.45, 7) is -0.331. The van der Waals surface area contributed by atoms with Crippen LogP contribution in [0.5, 0.6) is 0 Å². The lowest BCUT2D eigenvalue weighted by Crippen LogP contribution is -2.27. The van der Waals surface area contributed by atoms with Gasteiger partial charge in [-0.25, -0.2) is 4.79 Å². The van der Waals surface area contributed by atoms with Crippen LogP contribution in [0.4, 0.5) is 0 Å². The Balaban J connectivity index is 3.00. The predicted molar refractivity (Wildman–Crippen MR) is 56.0 cm³/mol. The highest BCUT2D eigenvalue weighted by Gasteiger charge is 2.25. The number of aliphatic hydroxyl groups excluding tert-OH is 3. The number of carboxylic acid groups (broad SMARTS) is 1. The van der Waals surface area contributed by atoms with E-state index in [4.69, 9.17) is 26.9 Å². The van der Waals surface area contributed by atoms with E-state index < -0.39 is 18.2 Å². The summed E-state index contributed by atoms with van der Waals surface area (Å²) in [6.07, 6.45) is -3.47. The SMILES string of the molecule is O=C(O)C(O)C(O)c1ccc(Cl)c(CO)c1. The molecule has 0 saturated heterocycles. The lowest BCUT2D eigenvalue weighted by atomic mass is 10.0. The van der Waals surface area contributed by atoms with Crippen LogP contribution < -0.4 is 0 Å². The van der Waals surface area contributed by atoms with Crippen molar-refractivity contribution in [1.29, 1.82) is 0 Å². The highest BCUT2D eigenvalue weighted by atomic mass is 35.5. The quantitative estimate of drug-likeness (QED) is 0.613. The van der Waals surface area contributed by atoms with Crippen LogP contribution in [0.1, 0.15) is 17.2 Å². The number of carboxylic acids is 1. The lowest BCUT2D eigenvalue weighted by molar-refractivity contribution is -0.153. The van der Waals surface area contributed by atoms with Gasteiger partial charge in [0, 0.05) is 5.02 Å². The standard InChI is InChI=1S/C10H11ClO5/c11-7-2-1-5(3-6(7)4-12)8(13)9(14)10(15)16/h1-3,8-9,12-14H,4H2,(H,15,16). The van der Waals surface area contributed by atoms with Gasteiger partial charge in [0.1, 0.15) is 6.10 Å². The Morgan fingerprint density at radius 3 is 2.50 bits per heavy atom. The number of hydrogen-bond acceptors (Lipinski definition) is 4. The number of hydrogen-bond donors (Lipinski definition) is 4. The third-order valence-electron chi connectivity index (χ3n) is 2.13. The molecule has 1 aromatic rings. The second kappa shape index (κ2) is 5.27. The monoisotopic (exact) mass is 246 g/mol. The van der Waals surface area contributed by atoms with Gasteiger partial charge in [-0.15, -0.1) is 0 Å². The van der Waals surface area contributed by atoms with Gasteiger partial charge in [-0.3, -0.25) is 0 Å². The minimum absolute atomic E-state index is 0.184. The number of halogens is 1. The molecule has 1 rings (SSSR count). The summed E-state index contributed by atoms with van der Waals surface area (Å²) in [5, 5.41) is 36.4. The fourth-order valence-corrected chi connectivity index (χ4v) is 1.39. The van der Waals surface area contributed by atoms with E-state index in [1.54, 1.807) is 0 Å². The molecule has 0 aliphatic carbocycles. The van der Waals surface area contributed by atoms with Gasteiger partial charge in [0.25, 0.3) is 0 Å². The Morgan fingerprint density at radius 2 is 2.00 bits per heavy atom. The maximum Gasteiger partial charge on any atom is 0.335 e. The van der Waals surface area contributed by atoms with E-state index in [-0.39, 0.29) is 12.2 Å². The summed E-state index contributed by atoms with van der Waals surface area (Å²) >= 11 is 5.72. The molecule has 5 nitrogen and oxygen atoms in total. The molecule has 0 amide bonds. The second-order valence-electron chi connectivity index (χ2n) is 3.24. The molecule has 16 heavy (non-hydrogen) atoms. The second-order valence-corrected chi connectivity index (χ2v) is 3.64. The Morgan fingerprint density at radius 1 is 1.38 bits per heavy atom. The van der Waals surface area contributed by atoms with Crippen molar-refractivity contribution in [3.63, 3.8) is 0 Å². The molecule has 0 aliphatic rings. The molecule has 0 radical (unpaired) electrons. The zero-order valence-corrected chi connectivity index (χ0v) is 8.92. The van der Waals surface area contributed by atoms with Crippen molar-refractivity contribution >= 4 is 17.6 Å². The molecule has 0 heterocycles. The van der Waals surface area contributed by atoms with E-state index in [2.05, 4.69) is 0 Å². The summed E-state index contributed by atoms with van der Waals surface area (Å²) in [4.78, 5) is 10.5. The van der Waals surface area contributed by atoms with Crippen LogP contribution in [-0.4, -0.2) is 32.5 Å². The van der Waals surface area contributed by atoms with E-state index in [9.17, 15) is 9.90 Å². The molecule has 0 bridgehead atoms. The van der Waals surface area contributed by atoms with Crippen molar-refractivity contribution in [2.45, 2.75) is 18.8 Å². The first kappa shape index (κ1) is 12.9. The first-order valence-corrected chi connectivity index (χ1v) is 4.83. The summed E-state index contributed by atoms with van der Waals surface area (Å²) in [6, 6.07) is 4.15. The molecule has 0 fully saturated rings. The van der Waals surface area contributed by atoms with Gasteiger partial charge in [0.2, 0.25) is 0 Å². The first-order chi connectivity index (χ1) is 7.47. The van der Waals surface area contributed by atoms with Crippen LogP contribution in [0.2, 0.25) is 5.02 Å². The summed E-state index contributed by atoms with van der Waals surface area (Å²) in [7, 11) is 0. The third kappa shape index (κ3) is 2.70. The Hall–Kier alpha value is -1.14. The zero-order chi connectivity index (χ0) is 12.3. The average Bonchev–Trinajstić information content (AvgIpc) is 2.27. The lowest BCUT2D eigenvalue weighted by Gasteiger charge is -2.15. The van der Waals surface area contributed by atoms with E-state index in [1.165, 1.54) is 18.2 Å². The molecule has 0 aromatic heterocycles. The minimum atomic E-state index is -1.91. The van der Waals surface area contributed by atoms with Gasteiger partial charge >= 0.3 is 5.97 Å². The van der Waals surface area contributed by atoms with Gasteiger partial charge in [0.15, 0.2) is 6.10 Å². The highest BCUT2D eigenvalue weighted by molar-refractivity contribution is 6.31. The summed E-state index contributed by atoms with van der Waals surface area (Å²) in [5.41, 5.74) is 0.541. The maximum absolute atomic E-state index is 10.5. The molecule has 0 aliphatic heterocycles. The third-order valence-corrected chi connectivity index (χ3v) is 2.50. The summed E-state index contributed by atoms with van der Waals surface area (Å²) < 4.78 is 0. The number of aliphatic hydroxyl groups is 3. The van der Waals surface area contributed by atoms with Crippen molar-refractivity contribution in [3.8, 4) is 0 Å². The molecular weight excluding hydrogens is 236 g/mol. The highest BCUT2D eigenvalue weighted by Crippen LogP contribution is 2.23. The van der Waals surface area contributed by atoms with Gasteiger partial charge in [-0.2, -0.15) is 0 Å². The fraction of sp³-hybridized carbons (Fsp3) is 0.300. The van der Waals surface area contributed by atoms with Crippen molar-refractivity contribution in [2.24, 2.45) is 0 Å². The van der Waals surface area contributed by atoms with Crippen LogP contribution in [0.25, 0.3) is 0 Å². The average molecular weight is 247 g/mol. The number of carbonyl (C=O) groups is 1. The van der Waals surface area contributed by atoms with Gasteiger partial charge in [-0.1, -0.05) is 17.7 Å². The smallest absolute Gasteiger partial charge is 0.335 e. The predicted octanol–water partition coefficient (Wildman–Crippen LogP) is 0.311. The molecule has 0 spiro atoms. The Labute approximate surface area is 96.5 Å². The number of rotatable bonds is 4. The van der Waals surface area contributed by atoms with Crippen molar-refractivity contribution in [1.82, 2.24) is 0 Å². The van der Waals surface area contributed by atoms with Crippen LogP contribution in [0.3, 0.4) is 0 Å². The molecule has 88 valence electrons. The normalized spacial score (nSPS) is 14.5. The van der Waals surface area contributed by atoms with Gasteiger partial charge in [0.05, 0.1) is 6.61 Å². The molecule has 2 unspecified atom stereocenters. The van der Waals surface area contributed by atoms with Gasteiger partial charge in [-0.05, 0) is 23.3 Å². The van der Waals surface area contributed by atoms with Crippen LogP contribution >= 0.6 is 11.6 Å². The fourth-order valence-electron chi connectivity index (χ4n) is 1.22. The number of aliphatic carboxylic acids is 1. The maximum atomic E-state index is 10.5. The van der Waals surface area contributed by atoms with Gasteiger partial charge < -0.3 is 20.4 Å². The van der Waals surface area contributed by atoms with E-state index in [1.807, 2.05) is 0 Å². The van der Waals surface area contributed by atoms with Crippen LogP contribution in [-0.2, 0) is 11.4 Å². The van der Waals surface area contributed by atoms with E-state index in [0.29, 0.717) is 10.6 Å². The van der Waals surface area contributed by atoms with Crippen molar-refractivity contribution < 1.29 is 25.2 Å².